The molecule has 11 nitrogen and oxygen atoms in total. The maximum atomic E-state index is 6.36. The van der Waals surface area contributed by atoms with E-state index in [-0.39, 0.29) is 0 Å². The van der Waals surface area contributed by atoms with E-state index in [1.165, 1.54) is 15.5 Å². The molecule has 20 rings (SSSR count). The summed E-state index contributed by atoms with van der Waals surface area (Å²) in [5, 5.41) is 4.50. The highest BCUT2D eigenvalue weighted by Gasteiger charge is 2.21. The molecule has 0 atom stereocenters. The molecule has 110 heavy (non-hydrogen) atoms. The third kappa shape index (κ3) is 12.8. The van der Waals surface area contributed by atoms with Crippen molar-refractivity contribution in [3.05, 3.63) is 364 Å². The van der Waals surface area contributed by atoms with Crippen molar-refractivity contribution >= 4 is 53.4 Å². The lowest BCUT2D eigenvalue weighted by Gasteiger charge is -2.12. The highest BCUT2D eigenvalue weighted by molar-refractivity contribution is 7.25. The Morgan fingerprint density at radius 2 is 0.445 bits per heavy atom. The van der Waals surface area contributed by atoms with Crippen LogP contribution < -0.4 is 0 Å². The molecule has 0 bridgehead atoms. The summed E-state index contributed by atoms with van der Waals surface area (Å²) in [5.41, 5.74) is 22.0. The first-order chi connectivity index (χ1) is 54.4. The van der Waals surface area contributed by atoms with Crippen molar-refractivity contribution in [1.29, 1.82) is 0 Å². The van der Waals surface area contributed by atoms with Crippen molar-refractivity contribution in [2.75, 3.05) is 0 Å². The maximum Gasteiger partial charge on any atom is 0.164 e. The molecule has 0 N–H and O–H groups in total. The van der Waals surface area contributed by atoms with Crippen LogP contribution in [0.3, 0.4) is 0 Å². The molecule has 6 aromatic heterocycles. The highest BCUT2D eigenvalue weighted by atomic mass is 32.1. The van der Waals surface area contributed by atoms with Crippen LogP contribution in [0.1, 0.15) is 0 Å². The summed E-state index contributed by atoms with van der Waals surface area (Å²) in [7, 11) is 0. The number of rotatable bonds is 15. The van der Waals surface area contributed by atoms with E-state index in [2.05, 4.69) is 206 Å². The summed E-state index contributed by atoms with van der Waals surface area (Å²) in [5.74, 6) is 4.64. The van der Waals surface area contributed by atoms with Crippen LogP contribution in [0.2, 0.25) is 0 Å². The van der Waals surface area contributed by atoms with E-state index in [1.54, 1.807) is 11.3 Å². The second-order valence-electron chi connectivity index (χ2n) is 27.1. The van der Waals surface area contributed by atoms with Gasteiger partial charge in [0.05, 0.1) is 22.8 Å². The normalized spacial score (nSPS) is 11.5. The number of furan rings is 1. The minimum atomic E-state index is 0.537. The van der Waals surface area contributed by atoms with Crippen molar-refractivity contribution < 1.29 is 4.42 Å². The first-order valence-electron chi connectivity index (χ1n) is 36.4. The zero-order valence-corrected chi connectivity index (χ0v) is 59.7. The lowest BCUT2D eigenvalue weighted by molar-refractivity contribution is 0.669. The summed E-state index contributed by atoms with van der Waals surface area (Å²) >= 11 is 1.78. The Morgan fingerprint density at radius 3 is 0.891 bits per heavy atom. The zero-order valence-electron chi connectivity index (χ0n) is 58.9. The average Bonchev–Trinajstić information content (AvgIpc) is 1.23. The molecule has 20 aromatic rings. The fourth-order valence-corrected chi connectivity index (χ4v) is 15.6. The second kappa shape index (κ2) is 28.0. The topological polar surface area (TPSA) is 142 Å². The maximum absolute atomic E-state index is 6.36. The molecule has 0 saturated heterocycles. The third-order valence-electron chi connectivity index (χ3n) is 20.0. The Balaban J connectivity index is 0.609. The van der Waals surface area contributed by atoms with E-state index >= 15 is 0 Å². The smallest absolute Gasteiger partial charge is 0.164 e. The van der Waals surface area contributed by atoms with Gasteiger partial charge in [-0.25, -0.2) is 49.8 Å². The van der Waals surface area contributed by atoms with Crippen LogP contribution in [0.4, 0.5) is 0 Å². The van der Waals surface area contributed by atoms with E-state index in [0.29, 0.717) is 46.6 Å². The highest BCUT2D eigenvalue weighted by Crippen LogP contribution is 2.42. The molecule has 0 fully saturated rings. The van der Waals surface area contributed by atoms with E-state index in [9.17, 15) is 0 Å². The number of nitrogens with zero attached hydrogens (tertiary/aromatic N) is 10. The molecule has 0 aliphatic heterocycles. The minimum absolute atomic E-state index is 0.537. The minimum Gasteiger partial charge on any atom is -0.456 e. The van der Waals surface area contributed by atoms with Gasteiger partial charge in [0.15, 0.2) is 46.6 Å². The van der Waals surface area contributed by atoms with Crippen LogP contribution in [-0.2, 0) is 0 Å². The van der Waals surface area contributed by atoms with Crippen molar-refractivity contribution in [1.82, 2.24) is 49.8 Å². The molecule has 514 valence electrons. The SMILES string of the molecule is c1ccc(-c2cccc(-c3nc(-c4ccccc4)nc(-c4cccc(-c5cc(-c6ccc7c(c6)sc6ccc(-c8cccc(-c9cccc(-c%10nc(-c%11ccccc%11)nc(-c%11cccc(-c%12cc(-c%13ccc%14c(c%13)oc%13ccccc%13%14)nc(-c%13ccccc%13)n%12)c%11)n%10)c9)c8)cc67)nc(-c6ccccc6)n5)c4)n3)c2)cc1. The van der Waals surface area contributed by atoms with Gasteiger partial charge >= 0.3 is 0 Å². The van der Waals surface area contributed by atoms with Gasteiger partial charge in [0.1, 0.15) is 11.2 Å². The standard InChI is InChI=1S/C98H60N10OS/c1-6-23-61(24-7-1)66-33-19-39-75(52-66)95-103-93(64-29-12-4-13-30-64)105-97(107-95)78-42-22-38-72(55-78)84-60-86(102-92(100-84)63-27-10-3-11-28-63)74-46-49-81-82-56-70(47-50-89(82)110-90(81)58-74)68-35-18-34-67(51-68)69-36-20-40-76(53-69)96-104-94(65-31-14-5-15-32-65)106-98(108-96)77-41-21-37-71(54-77)83-59-85(101-91(99-83)62-25-8-2-9-26-62)73-45-48-80-79-43-16-17-44-87(79)109-88(80)57-73/h1-60H. The van der Waals surface area contributed by atoms with E-state index in [4.69, 9.17) is 54.3 Å². The average molecular weight is 1430 g/mol. The fraction of sp³-hybridized carbons (Fsp3) is 0. The number of hydrogen-bond donors (Lipinski definition) is 0. The Bertz CT molecular complexity index is 6910. The molecule has 6 heterocycles. The number of fused-ring (bicyclic) bond motifs is 6. The Morgan fingerprint density at radius 1 is 0.155 bits per heavy atom. The first kappa shape index (κ1) is 64.8. The molecule has 0 spiro atoms. The van der Waals surface area contributed by atoms with Gasteiger partial charge in [-0.05, 0) is 112 Å². The van der Waals surface area contributed by atoms with E-state index < -0.39 is 0 Å². The fourth-order valence-electron chi connectivity index (χ4n) is 14.4. The molecule has 12 heteroatoms. The number of aromatic nitrogens is 10. The molecule has 0 saturated carbocycles. The van der Waals surface area contributed by atoms with Crippen molar-refractivity contribution in [3.63, 3.8) is 0 Å². The summed E-state index contributed by atoms with van der Waals surface area (Å²) in [6.45, 7) is 0. The van der Waals surface area contributed by atoms with Crippen LogP contribution in [0, 0.1) is 0 Å². The van der Waals surface area contributed by atoms with Crippen LogP contribution in [0.5, 0.6) is 0 Å². The van der Waals surface area contributed by atoms with Gasteiger partial charge in [0.2, 0.25) is 0 Å². The molecular weight excluding hydrogens is 1370 g/mol. The lowest BCUT2D eigenvalue weighted by atomic mass is 9.97. The summed E-state index contributed by atoms with van der Waals surface area (Å²) in [6.07, 6.45) is 0. The van der Waals surface area contributed by atoms with Gasteiger partial charge < -0.3 is 4.42 Å². The summed E-state index contributed by atoms with van der Waals surface area (Å²) in [6, 6.07) is 125. The van der Waals surface area contributed by atoms with E-state index in [0.717, 1.165) is 150 Å². The molecular formula is C98H60N10OS. The van der Waals surface area contributed by atoms with Gasteiger partial charge in [-0.2, -0.15) is 0 Å². The largest absolute Gasteiger partial charge is 0.456 e. The van der Waals surface area contributed by atoms with Crippen LogP contribution >= 0.6 is 11.3 Å². The Kier molecular flexibility index (Phi) is 16.5. The quantitative estimate of drug-likeness (QED) is 0.0968. The van der Waals surface area contributed by atoms with Crippen LogP contribution in [-0.4, -0.2) is 49.8 Å². The van der Waals surface area contributed by atoms with Crippen LogP contribution in [0.15, 0.2) is 368 Å². The van der Waals surface area contributed by atoms with Crippen molar-refractivity contribution in [2.45, 2.75) is 0 Å². The predicted octanol–water partition coefficient (Wildman–Crippen LogP) is 24.9. The van der Waals surface area contributed by atoms with Crippen molar-refractivity contribution in [2.24, 2.45) is 0 Å². The Hall–Kier alpha value is -14.7. The molecule has 0 radical (unpaired) electrons. The number of para-hydroxylation sites is 1. The molecule has 14 aromatic carbocycles. The first-order valence-corrected chi connectivity index (χ1v) is 37.2. The molecule has 0 amide bonds. The van der Waals surface area contributed by atoms with Crippen molar-refractivity contribution in [3.8, 4) is 170 Å². The lowest BCUT2D eigenvalue weighted by Crippen LogP contribution is -2.00. The summed E-state index contributed by atoms with van der Waals surface area (Å²) < 4.78 is 8.71. The number of thiophene rings is 1. The third-order valence-corrected chi connectivity index (χ3v) is 21.1. The monoisotopic (exact) mass is 1420 g/mol. The second-order valence-corrected chi connectivity index (χ2v) is 28.2. The van der Waals surface area contributed by atoms with Gasteiger partial charge in [0.25, 0.3) is 0 Å². The van der Waals surface area contributed by atoms with Gasteiger partial charge in [0, 0.05) is 97.7 Å². The zero-order chi connectivity index (χ0) is 72.9. The van der Waals surface area contributed by atoms with Crippen LogP contribution in [0.25, 0.3) is 212 Å². The predicted molar refractivity (Wildman–Crippen MR) is 446 cm³/mol. The number of hydrogen-bond acceptors (Lipinski definition) is 12. The van der Waals surface area contributed by atoms with Gasteiger partial charge in [-0.15, -0.1) is 11.3 Å². The van der Waals surface area contributed by atoms with Gasteiger partial charge in [-0.3, -0.25) is 0 Å². The molecule has 0 aliphatic carbocycles. The van der Waals surface area contributed by atoms with E-state index in [1.807, 2.05) is 158 Å². The molecule has 0 aliphatic rings. The summed E-state index contributed by atoms with van der Waals surface area (Å²) in [4.78, 5) is 52.0. The number of benzene rings is 14. The Labute approximate surface area is 637 Å². The molecule has 0 unspecified atom stereocenters. The van der Waals surface area contributed by atoms with Gasteiger partial charge in [-0.1, -0.05) is 285 Å².